The van der Waals surface area contributed by atoms with E-state index in [2.05, 4.69) is 24.1 Å². The van der Waals surface area contributed by atoms with Gasteiger partial charge in [-0.2, -0.15) is 0 Å². The van der Waals surface area contributed by atoms with Gasteiger partial charge in [0, 0.05) is 13.1 Å². The molecule has 1 N–H and O–H groups in total. The Morgan fingerprint density at radius 1 is 1.22 bits per heavy atom. The lowest BCUT2D eigenvalue weighted by atomic mass is 9.87. The number of likely N-dealkylation sites (tertiary alicyclic amines) is 1. The molecule has 0 aliphatic carbocycles. The van der Waals surface area contributed by atoms with Gasteiger partial charge in [-0.15, -0.1) is 0 Å². The Morgan fingerprint density at radius 3 is 2.39 bits per heavy atom. The molecule has 106 valence electrons. The summed E-state index contributed by atoms with van der Waals surface area (Å²) in [5.41, 5.74) is -0.434. The number of ether oxygens (including phenoxy) is 1. The van der Waals surface area contributed by atoms with Gasteiger partial charge in [-0.1, -0.05) is 13.8 Å². The lowest BCUT2D eigenvalue weighted by Gasteiger charge is -2.40. The van der Waals surface area contributed by atoms with Gasteiger partial charge in [0.1, 0.15) is 5.54 Å². The largest absolute Gasteiger partial charge is 0.465 e. The average molecular weight is 256 g/mol. The van der Waals surface area contributed by atoms with Crippen molar-refractivity contribution in [2.24, 2.45) is 0 Å². The van der Waals surface area contributed by atoms with Gasteiger partial charge in [-0.05, 0) is 45.7 Å². The summed E-state index contributed by atoms with van der Waals surface area (Å²) in [5, 5.41) is 3.43. The summed E-state index contributed by atoms with van der Waals surface area (Å²) < 4.78 is 5.26. The van der Waals surface area contributed by atoms with E-state index in [9.17, 15) is 4.79 Å². The van der Waals surface area contributed by atoms with Crippen molar-refractivity contribution in [3.63, 3.8) is 0 Å². The molecule has 4 heteroatoms. The maximum atomic E-state index is 12.2. The quantitative estimate of drug-likeness (QED) is 0.705. The van der Waals surface area contributed by atoms with Crippen LogP contribution >= 0.6 is 0 Å². The highest BCUT2D eigenvalue weighted by Gasteiger charge is 2.41. The molecule has 0 amide bonds. The summed E-state index contributed by atoms with van der Waals surface area (Å²) in [6, 6.07) is 0. The minimum atomic E-state index is -0.434. The normalized spacial score (nSPS) is 19.7. The van der Waals surface area contributed by atoms with Crippen molar-refractivity contribution in [1.29, 1.82) is 0 Å². The summed E-state index contributed by atoms with van der Waals surface area (Å²) >= 11 is 0. The second-order valence-electron chi connectivity index (χ2n) is 5.07. The standard InChI is InChI=1S/C14H28N2O2/c1-4-9-15-14(13(17)18-6-3)7-11-16(10-5-2)12-8-14/h15H,4-12H2,1-3H3. The van der Waals surface area contributed by atoms with Crippen LogP contribution in [0.2, 0.25) is 0 Å². The van der Waals surface area contributed by atoms with Crippen molar-refractivity contribution in [1.82, 2.24) is 10.2 Å². The van der Waals surface area contributed by atoms with Crippen LogP contribution < -0.4 is 5.32 Å². The third kappa shape index (κ3) is 3.95. The first-order chi connectivity index (χ1) is 8.68. The van der Waals surface area contributed by atoms with Crippen LogP contribution in [0.5, 0.6) is 0 Å². The zero-order chi connectivity index (χ0) is 13.4. The van der Waals surface area contributed by atoms with Crippen molar-refractivity contribution in [2.45, 2.75) is 52.0 Å². The van der Waals surface area contributed by atoms with E-state index in [4.69, 9.17) is 4.74 Å². The highest BCUT2D eigenvalue weighted by molar-refractivity contribution is 5.81. The number of carbonyl (C=O) groups excluding carboxylic acids is 1. The fraction of sp³-hybridized carbons (Fsp3) is 0.929. The fourth-order valence-electron chi connectivity index (χ4n) is 2.56. The van der Waals surface area contributed by atoms with Crippen LogP contribution in [0.3, 0.4) is 0 Å². The van der Waals surface area contributed by atoms with Crippen molar-refractivity contribution < 1.29 is 9.53 Å². The number of esters is 1. The predicted molar refractivity (Wildman–Crippen MR) is 73.6 cm³/mol. The Kier molecular flexibility index (Phi) is 6.65. The Hall–Kier alpha value is -0.610. The summed E-state index contributed by atoms with van der Waals surface area (Å²) in [7, 11) is 0. The number of rotatable bonds is 7. The molecule has 0 atom stereocenters. The molecular weight excluding hydrogens is 228 g/mol. The molecule has 0 bridgehead atoms. The molecule has 1 rings (SSSR count). The topological polar surface area (TPSA) is 41.6 Å². The first kappa shape index (κ1) is 15.4. The zero-order valence-corrected chi connectivity index (χ0v) is 12.1. The monoisotopic (exact) mass is 256 g/mol. The van der Waals surface area contributed by atoms with Crippen LogP contribution in [0.1, 0.15) is 46.5 Å². The molecule has 1 saturated heterocycles. The van der Waals surface area contributed by atoms with Crippen LogP contribution in [0, 0.1) is 0 Å². The summed E-state index contributed by atoms with van der Waals surface area (Å²) in [6.07, 6.45) is 3.95. The third-order valence-corrected chi connectivity index (χ3v) is 3.63. The SMILES string of the molecule is CCCNC1(C(=O)OCC)CCN(CCC)CC1. The van der Waals surface area contributed by atoms with Gasteiger partial charge in [0.2, 0.25) is 0 Å². The highest BCUT2D eigenvalue weighted by atomic mass is 16.5. The maximum absolute atomic E-state index is 12.2. The van der Waals surface area contributed by atoms with Crippen LogP contribution in [-0.2, 0) is 9.53 Å². The Bertz CT molecular complexity index is 248. The van der Waals surface area contributed by atoms with Gasteiger partial charge in [0.25, 0.3) is 0 Å². The molecule has 18 heavy (non-hydrogen) atoms. The molecule has 4 nitrogen and oxygen atoms in total. The Labute approximate surface area is 111 Å². The Balaban J connectivity index is 2.60. The van der Waals surface area contributed by atoms with Gasteiger partial charge in [0.15, 0.2) is 0 Å². The van der Waals surface area contributed by atoms with Gasteiger partial charge >= 0.3 is 5.97 Å². The number of hydrogen-bond acceptors (Lipinski definition) is 4. The fourth-order valence-corrected chi connectivity index (χ4v) is 2.56. The first-order valence-electron chi connectivity index (χ1n) is 7.33. The predicted octanol–water partition coefficient (Wildman–Crippen LogP) is 1.79. The second kappa shape index (κ2) is 7.74. The second-order valence-corrected chi connectivity index (χ2v) is 5.07. The number of nitrogens with zero attached hydrogens (tertiary/aromatic N) is 1. The smallest absolute Gasteiger partial charge is 0.326 e. The van der Waals surface area contributed by atoms with Crippen molar-refractivity contribution in [3.8, 4) is 0 Å². The first-order valence-corrected chi connectivity index (χ1v) is 7.33. The molecule has 1 aliphatic heterocycles. The summed E-state index contributed by atoms with van der Waals surface area (Å²) in [4.78, 5) is 14.6. The summed E-state index contributed by atoms with van der Waals surface area (Å²) in [6.45, 7) is 10.7. The number of hydrogen-bond donors (Lipinski definition) is 1. The number of piperidine rings is 1. The molecule has 0 unspecified atom stereocenters. The minimum Gasteiger partial charge on any atom is -0.465 e. The van der Waals surface area contributed by atoms with E-state index in [-0.39, 0.29) is 5.97 Å². The van der Waals surface area contributed by atoms with Gasteiger partial charge in [0.05, 0.1) is 6.61 Å². The summed E-state index contributed by atoms with van der Waals surface area (Å²) in [5.74, 6) is -0.0606. The van der Waals surface area contributed by atoms with Crippen LogP contribution in [0.25, 0.3) is 0 Å². The van der Waals surface area contributed by atoms with Crippen LogP contribution in [-0.4, -0.2) is 49.2 Å². The Morgan fingerprint density at radius 2 is 1.89 bits per heavy atom. The van der Waals surface area contributed by atoms with Crippen LogP contribution in [0.4, 0.5) is 0 Å². The van der Waals surface area contributed by atoms with Crippen molar-refractivity contribution in [2.75, 3.05) is 32.8 Å². The molecule has 0 radical (unpaired) electrons. The number of carbonyl (C=O) groups is 1. The van der Waals surface area contributed by atoms with Crippen molar-refractivity contribution in [3.05, 3.63) is 0 Å². The zero-order valence-electron chi connectivity index (χ0n) is 12.1. The van der Waals surface area contributed by atoms with Crippen LogP contribution in [0.15, 0.2) is 0 Å². The highest BCUT2D eigenvalue weighted by Crippen LogP contribution is 2.24. The lowest BCUT2D eigenvalue weighted by Crippen LogP contribution is -2.59. The molecule has 1 heterocycles. The molecule has 0 spiro atoms. The molecule has 0 aromatic carbocycles. The van der Waals surface area contributed by atoms with E-state index >= 15 is 0 Å². The van der Waals surface area contributed by atoms with Gasteiger partial charge in [-0.3, -0.25) is 4.79 Å². The van der Waals surface area contributed by atoms with E-state index in [1.807, 2.05) is 6.92 Å². The van der Waals surface area contributed by atoms with Gasteiger partial charge < -0.3 is 15.0 Å². The van der Waals surface area contributed by atoms with E-state index in [1.165, 1.54) is 6.42 Å². The molecule has 0 aromatic rings. The lowest BCUT2D eigenvalue weighted by molar-refractivity contribution is -0.153. The minimum absolute atomic E-state index is 0.0606. The third-order valence-electron chi connectivity index (χ3n) is 3.63. The van der Waals surface area contributed by atoms with Gasteiger partial charge in [-0.25, -0.2) is 0 Å². The van der Waals surface area contributed by atoms with E-state index in [1.54, 1.807) is 0 Å². The molecule has 1 fully saturated rings. The molecule has 0 aromatic heterocycles. The van der Waals surface area contributed by atoms with E-state index in [0.717, 1.165) is 45.4 Å². The van der Waals surface area contributed by atoms with Crippen molar-refractivity contribution >= 4 is 5.97 Å². The molecule has 1 aliphatic rings. The van der Waals surface area contributed by atoms with E-state index < -0.39 is 5.54 Å². The number of nitrogens with one attached hydrogen (secondary N) is 1. The molecular formula is C14H28N2O2. The molecule has 0 saturated carbocycles. The maximum Gasteiger partial charge on any atom is 0.326 e. The average Bonchev–Trinajstić information content (AvgIpc) is 2.39. The van der Waals surface area contributed by atoms with E-state index in [0.29, 0.717) is 6.61 Å².